The molecule has 3 rings (SSSR count). The summed E-state index contributed by atoms with van der Waals surface area (Å²) in [6.07, 6.45) is 0. The first-order valence-electron chi connectivity index (χ1n) is 8.43. The van der Waals surface area contributed by atoms with E-state index in [9.17, 15) is 9.59 Å². The molecule has 0 spiro atoms. The van der Waals surface area contributed by atoms with Crippen LogP contribution in [0.3, 0.4) is 0 Å². The molecular weight excluding hydrogens is 348 g/mol. The Kier molecular flexibility index (Phi) is 5.42. The second-order valence-electron chi connectivity index (χ2n) is 5.90. The molecule has 0 aliphatic rings. The minimum atomic E-state index is -0.472. The van der Waals surface area contributed by atoms with Gasteiger partial charge in [0.15, 0.2) is 5.16 Å². The summed E-state index contributed by atoms with van der Waals surface area (Å²) >= 11 is 1.22. The van der Waals surface area contributed by atoms with Crippen LogP contribution in [0.1, 0.15) is 19.4 Å². The molecule has 1 heterocycles. The number of para-hydroxylation sites is 1. The summed E-state index contributed by atoms with van der Waals surface area (Å²) in [5.74, 6) is -0.324. The van der Waals surface area contributed by atoms with E-state index in [-0.39, 0.29) is 11.5 Å². The number of nitrogens with zero attached hydrogens (tertiary/aromatic N) is 2. The van der Waals surface area contributed by atoms with E-state index in [2.05, 4.69) is 4.98 Å². The van der Waals surface area contributed by atoms with Gasteiger partial charge in [-0.1, -0.05) is 41.6 Å². The molecule has 3 aromatic rings. The van der Waals surface area contributed by atoms with Crippen LogP contribution >= 0.6 is 11.8 Å². The maximum atomic E-state index is 13.1. The number of aryl methyl sites for hydroxylation is 1. The molecule has 5 nitrogen and oxygen atoms in total. The Bertz CT molecular complexity index is 996. The molecule has 1 atom stereocenters. The molecule has 2 aromatic carbocycles. The van der Waals surface area contributed by atoms with Gasteiger partial charge in [0.1, 0.15) is 5.25 Å². The second kappa shape index (κ2) is 7.74. The highest BCUT2D eigenvalue weighted by atomic mass is 32.2. The van der Waals surface area contributed by atoms with Crippen molar-refractivity contribution < 1.29 is 9.53 Å². The maximum Gasteiger partial charge on any atom is 0.319 e. The van der Waals surface area contributed by atoms with Gasteiger partial charge in [-0.25, -0.2) is 4.98 Å². The number of benzene rings is 2. The van der Waals surface area contributed by atoms with Crippen LogP contribution in [0.25, 0.3) is 16.6 Å². The lowest BCUT2D eigenvalue weighted by atomic mass is 10.2. The van der Waals surface area contributed by atoms with Crippen LogP contribution in [-0.4, -0.2) is 27.4 Å². The summed E-state index contributed by atoms with van der Waals surface area (Å²) in [5.41, 5.74) is 2.28. The van der Waals surface area contributed by atoms with Crippen molar-refractivity contribution in [2.45, 2.75) is 31.2 Å². The highest BCUT2D eigenvalue weighted by Gasteiger charge is 2.21. The maximum absolute atomic E-state index is 13.1. The number of ether oxygens (including phenoxy) is 1. The zero-order valence-corrected chi connectivity index (χ0v) is 15.7. The van der Waals surface area contributed by atoms with Crippen LogP contribution in [0.2, 0.25) is 0 Å². The lowest BCUT2D eigenvalue weighted by Gasteiger charge is -2.16. The molecule has 0 amide bonds. The van der Waals surface area contributed by atoms with Gasteiger partial charge in [0.25, 0.3) is 5.56 Å². The van der Waals surface area contributed by atoms with Crippen LogP contribution in [0.4, 0.5) is 0 Å². The van der Waals surface area contributed by atoms with Crippen LogP contribution in [-0.2, 0) is 9.53 Å². The number of carbonyl (C=O) groups is 1. The highest BCUT2D eigenvalue weighted by Crippen LogP contribution is 2.25. The largest absolute Gasteiger partial charge is 0.465 e. The molecule has 0 unspecified atom stereocenters. The van der Waals surface area contributed by atoms with Crippen molar-refractivity contribution in [3.8, 4) is 5.69 Å². The topological polar surface area (TPSA) is 61.2 Å². The number of hydrogen-bond donors (Lipinski definition) is 0. The van der Waals surface area contributed by atoms with Crippen LogP contribution in [0.15, 0.2) is 58.5 Å². The Morgan fingerprint density at radius 3 is 2.58 bits per heavy atom. The summed E-state index contributed by atoms with van der Waals surface area (Å²) in [4.78, 5) is 29.8. The normalized spacial score (nSPS) is 12.1. The first kappa shape index (κ1) is 18.2. The molecule has 0 saturated carbocycles. The summed E-state index contributed by atoms with van der Waals surface area (Å²) in [6, 6.07) is 14.9. The van der Waals surface area contributed by atoms with E-state index in [4.69, 9.17) is 4.74 Å². The van der Waals surface area contributed by atoms with Crippen molar-refractivity contribution in [2.24, 2.45) is 0 Å². The molecule has 134 valence electrons. The number of thioether (sulfide) groups is 1. The standard InChI is InChI=1S/C20H20N2O3S/c1-4-25-19(24)14(3)26-20-21-17-8-6-5-7-16(17)18(23)22(20)15-11-9-13(2)10-12-15/h5-12,14H,4H2,1-3H3/t14-/m0/s1. The van der Waals surface area contributed by atoms with Crippen molar-refractivity contribution in [1.29, 1.82) is 0 Å². The van der Waals surface area contributed by atoms with Gasteiger partial charge in [-0.15, -0.1) is 0 Å². The molecule has 6 heteroatoms. The lowest BCUT2D eigenvalue weighted by molar-refractivity contribution is -0.142. The first-order chi connectivity index (χ1) is 12.5. The van der Waals surface area contributed by atoms with Gasteiger partial charge in [0.05, 0.1) is 23.2 Å². The van der Waals surface area contributed by atoms with E-state index in [0.29, 0.717) is 22.7 Å². The van der Waals surface area contributed by atoms with Gasteiger partial charge >= 0.3 is 5.97 Å². The third kappa shape index (κ3) is 3.65. The molecule has 0 bridgehead atoms. The number of hydrogen-bond acceptors (Lipinski definition) is 5. The molecule has 0 fully saturated rings. The van der Waals surface area contributed by atoms with Crippen molar-refractivity contribution in [3.05, 3.63) is 64.4 Å². The van der Waals surface area contributed by atoms with Crippen molar-refractivity contribution in [1.82, 2.24) is 9.55 Å². The minimum Gasteiger partial charge on any atom is -0.465 e. The molecule has 1 aromatic heterocycles. The second-order valence-corrected chi connectivity index (χ2v) is 7.21. The molecule has 0 radical (unpaired) electrons. The van der Waals surface area contributed by atoms with E-state index in [1.54, 1.807) is 30.5 Å². The number of aromatic nitrogens is 2. The van der Waals surface area contributed by atoms with E-state index >= 15 is 0 Å². The summed E-state index contributed by atoms with van der Waals surface area (Å²) in [6.45, 7) is 5.83. The minimum absolute atomic E-state index is 0.155. The zero-order valence-electron chi connectivity index (χ0n) is 14.9. The van der Waals surface area contributed by atoms with Gasteiger partial charge < -0.3 is 4.74 Å². The van der Waals surface area contributed by atoms with E-state index in [1.165, 1.54) is 11.8 Å². The molecule has 0 aliphatic carbocycles. The summed E-state index contributed by atoms with van der Waals surface area (Å²) in [7, 11) is 0. The van der Waals surface area contributed by atoms with Crippen LogP contribution < -0.4 is 5.56 Å². The van der Waals surface area contributed by atoms with Gasteiger partial charge in [0.2, 0.25) is 0 Å². The van der Waals surface area contributed by atoms with Gasteiger partial charge in [-0.05, 0) is 45.0 Å². The average Bonchev–Trinajstić information content (AvgIpc) is 2.63. The van der Waals surface area contributed by atoms with Gasteiger partial charge in [-0.3, -0.25) is 14.2 Å². The first-order valence-corrected chi connectivity index (χ1v) is 9.31. The quantitative estimate of drug-likeness (QED) is 0.390. The van der Waals surface area contributed by atoms with E-state index < -0.39 is 5.25 Å². The smallest absolute Gasteiger partial charge is 0.319 e. The Balaban J connectivity index is 2.16. The van der Waals surface area contributed by atoms with Crippen molar-refractivity contribution in [3.63, 3.8) is 0 Å². The van der Waals surface area contributed by atoms with Crippen LogP contribution in [0, 0.1) is 6.92 Å². The summed E-state index contributed by atoms with van der Waals surface area (Å²) in [5, 5.41) is 0.541. The molecule has 26 heavy (non-hydrogen) atoms. The Labute approximate surface area is 156 Å². The molecule has 0 aliphatic heterocycles. The Hall–Kier alpha value is -2.60. The number of rotatable bonds is 5. The third-order valence-electron chi connectivity index (χ3n) is 3.94. The summed E-state index contributed by atoms with van der Waals surface area (Å²) < 4.78 is 6.64. The van der Waals surface area contributed by atoms with Crippen LogP contribution in [0.5, 0.6) is 0 Å². The molecule has 0 saturated heterocycles. The predicted molar refractivity (Wildman–Crippen MR) is 104 cm³/mol. The highest BCUT2D eigenvalue weighted by molar-refractivity contribution is 8.00. The van der Waals surface area contributed by atoms with E-state index in [0.717, 1.165) is 11.3 Å². The lowest BCUT2D eigenvalue weighted by Crippen LogP contribution is -2.24. The fourth-order valence-electron chi connectivity index (χ4n) is 2.58. The fraction of sp³-hybridized carbons (Fsp3) is 0.250. The van der Waals surface area contributed by atoms with Gasteiger partial charge in [-0.2, -0.15) is 0 Å². The average molecular weight is 368 g/mol. The third-order valence-corrected chi connectivity index (χ3v) is 4.97. The number of esters is 1. The molecule has 0 N–H and O–H groups in total. The molecular formula is C20H20N2O3S. The fourth-order valence-corrected chi connectivity index (χ4v) is 3.50. The van der Waals surface area contributed by atoms with Crippen molar-refractivity contribution in [2.75, 3.05) is 6.61 Å². The van der Waals surface area contributed by atoms with Crippen molar-refractivity contribution >= 4 is 28.6 Å². The zero-order chi connectivity index (χ0) is 18.7. The van der Waals surface area contributed by atoms with Gasteiger partial charge in [0, 0.05) is 0 Å². The SMILES string of the molecule is CCOC(=O)[C@H](C)Sc1nc2ccccc2c(=O)n1-c1ccc(C)cc1. The Morgan fingerprint density at radius 1 is 1.19 bits per heavy atom. The number of fused-ring (bicyclic) bond motifs is 1. The predicted octanol–water partition coefficient (Wildman–Crippen LogP) is 3.74. The monoisotopic (exact) mass is 368 g/mol. The number of carbonyl (C=O) groups excluding carboxylic acids is 1. The van der Waals surface area contributed by atoms with E-state index in [1.807, 2.05) is 43.3 Å². The Morgan fingerprint density at radius 2 is 1.88 bits per heavy atom.